The molecule has 0 unspecified atom stereocenters. The van der Waals surface area contributed by atoms with Gasteiger partial charge in [-0.3, -0.25) is 0 Å². The van der Waals surface area contributed by atoms with Gasteiger partial charge in [0, 0.05) is 10.2 Å². The fourth-order valence-corrected chi connectivity index (χ4v) is 2.92. The third-order valence-electron chi connectivity index (χ3n) is 3.72. The lowest BCUT2D eigenvalue weighted by Crippen LogP contribution is -2.17. The number of benzene rings is 1. The molecule has 1 heterocycles. The van der Waals surface area contributed by atoms with E-state index in [-0.39, 0.29) is 0 Å². The zero-order valence-electron chi connectivity index (χ0n) is 13.1. The molecular formula is C17H24BrN3. The summed E-state index contributed by atoms with van der Waals surface area (Å²) in [6, 6.07) is 8.37. The Morgan fingerprint density at radius 3 is 2.38 bits per heavy atom. The van der Waals surface area contributed by atoms with E-state index in [2.05, 4.69) is 71.0 Å². The number of hydrogen-bond acceptors (Lipinski definition) is 2. The van der Waals surface area contributed by atoms with Crippen molar-refractivity contribution < 1.29 is 0 Å². The summed E-state index contributed by atoms with van der Waals surface area (Å²) in [7, 11) is 0. The first-order valence-corrected chi connectivity index (χ1v) is 8.56. The standard InChI is InChI=1S/C17H24BrN3/c1-4-16-15(11-12-19-6-3)17(5-2)21(20-16)14-9-7-13(18)8-10-14/h7-10,19H,4-6,11-12H2,1-3H3. The van der Waals surface area contributed by atoms with Crippen molar-refractivity contribution in [2.24, 2.45) is 0 Å². The summed E-state index contributed by atoms with van der Waals surface area (Å²) >= 11 is 3.49. The average Bonchev–Trinajstić information content (AvgIpc) is 2.86. The van der Waals surface area contributed by atoms with Crippen molar-refractivity contribution in [2.75, 3.05) is 13.1 Å². The van der Waals surface area contributed by atoms with Gasteiger partial charge in [0.1, 0.15) is 0 Å². The molecule has 1 N–H and O–H groups in total. The predicted molar refractivity (Wildman–Crippen MR) is 92.3 cm³/mol. The van der Waals surface area contributed by atoms with E-state index in [9.17, 15) is 0 Å². The Bertz CT molecular complexity index is 572. The summed E-state index contributed by atoms with van der Waals surface area (Å²) in [6.07, 6.45) is 3.04. The SMILES string of the molecule is CCNCCc1c(CC)nn(-c2ccc(Br)cc2)c1CC. The van der Waals surface area contributed by atoms with Crippen molar-refractivity contribution in [3.8, 4) is 5.69 Å². The van der Waals surface area contributed by atoms with Crippen LogP contribution in [0.3, 0.4) is 0 Å². The van der Waals surface area contributed by atoms with Gasteiger partial charge in [-0.05, 0) is 62.2 Å². The van der Waals surface area contributed by atoms with Crippen molar-refractivity contribution in [3.05, 3.63) is 45.7 Å². The Kier molecular flexibility index (Phi) is 6.00. The average molecular weight is 350 g/mol. The van der Waals surface area contributed by atoms with Crippen molar-refractivity contribution in [1.29, 1.82) is 0 Å². The number of rotatable bonds is 7. The number of nitrogens with one attached hydrogen (secondary N) is 1. The van der Waals surface area contributed by atoms with Crippen molar-refractivity contribution >= 4 is 15.9 Å². The van der Waals surface area contributed by atoms with Gasteiger partial charge in [0.25, 0.3) is 0 Å². The fraction of sp³-hybridized carbons (Fsp3) is 0.471. The van der Waals surface area contributed by atoms with Crippen LogP contribution in [0.1, 0.15) is 37.7 Å². The molecule has 2 aromatic rings. The van der Waals surface area contributed by atoms with E-state index in [1.165, 1.54) is 17.0 Å². The zero-order chi connectivity index (χ0) is 15.2. The monoisotopic (exact) mass is 349 g/mol. The largest absolute Gasteiger partial charge is 0.317 e. The molecular weight excluding hydrogens is 326 g/mol. The van der Waals surface area contributed by atoms with Crippen LogP contribution in [0.5, 0.6) is 0 Å². The van der Waals surface area contributed by atoms with Crippen molar-refractivity contribution in [2.45, 2.75) is 40.0 Å². The molecule has 2 rings (SSSR count). The highest BCUT2D eigenvalue weighted by molar-refractivity contribution is 9.10. The molecule has 1 aromatic carbocycles. The van der Waals surface area contributed by atoms with Crippen LogP contribution in [0.4, 0.5) is 0 Å². The Morgan fingerprint density at radius 1 is 1.10 bits per heavy atom. The molecule has 114 valence electrons. The number of nitrogens with zero attached hydrogens (tertiary/aromatic N) is 2. The van der Waals surface area contributed by atoms with E-state index in [1.807, 2.05) is 0 Å². The summed E-state index contributed by atoms with van der Waals surface area (Å²) in [5.41, 5.74) is 5.13. The summed E-state index contributed by atoms with van der Waals surface area (Å²) < 4.78 is 3.21. The van der Waals surface area contributed by atoms with E-state index in [1.54, 1.807) is 0 Å². The van der Waals surface area contributed by atoms with Crippen LogP contribution in [0.25, 0.3) is 5.69 Å². The molecule has 4 heteroatoms. The van der Waals surface area contributed by atoms with Crippen molar-refractivity contribution in [3.63, 3.8) is 0 Å². The molecule has 0 aliphatic heterocycles. The van der Waals surface area contributed by atoms with Crippen LogP contribution in [0, 0.1) is 0 Å². The van der Waals surface area contributed by atoms with Gasteiger partial charge in [-0.1, -0.05) is 36.7 Å². The number of likely N-dealkylation sites (N-methyl/N-ethyl adjacent to an activating group) is 1. The maximum absolute atomic E-state index is 4.85. The maximum atomic E-state index is 4.85. The number of hydrogen-bond donors (Lipinski definition) is 1. The minimum atomic E-state index is 0.984. The summed E-state index contributed by atoms with van der Waals surface area (Å²) in [6.45, 7) is 8.58. The van der Waals surface area contributed by atoms with Crippen molar-refractivity contribution in [1.82, 2.24) is 15.1 Å². The van der Waals surface area contributed by atoms with Crippen LogP contribution in [-0.4, -0.2) is 22.9 Å². The summed E-state index contributed by atoms with van der Waals surface area (Å²) in [5.74, 6) is 0. The highest BCUT2D eigenvalue weighted by atomic mass is 79.9. The van der Waals surface area contributed by atoms with E-state index < -0.39 is 0 Å². The van der Waals surface area contributed by atoms with E-state index >= 15 is 0 Å². The second-order valence-electron chi connectivity index (χ2n) is 5.07. The number of halogens is 1. The molecule has 0 aliphatic carbocycles. The lowest BCUT2D eigenvalue weighted by atomic mass is 10.1. The van der Waals surface area contributed by atoms with E-state index in [4.69, 9.17) is 5.10 Å². The van der Waals surface area contributed by atoms with Gasteiger partial charge in [-0.25, -0.2) is 4.68 Å². The second-order valence-corrected chi connectivity index (χ2v) is 5.99. The third kappa shape index (κ3) is 3.74. The molecule has 0 saturated carbocycles. The molecule has 0 atom stereocenters. The Morgan fingerprint density at radius 2 is 1.81 bits per heavy atom. The molecule has 21 heavy (non-hydrogen) atoms. The molecule has 0 saturated heterocycles. The summed E-state index contributed by atoms with van der Waals surface area (Å²) in [5, 5.41) is 8.26. The normalized spacial score (nSPS) is 11.0. The minimum absolute atomic E-state index is 0.984. The quantitative estimate of drug-likeness (QED) is 0.768. The number of aryl methyl sites for hydroxylation is 1. The highest BCUT2D eigenvalue weighted by Crippen LogP contribution is 2.22. The fourth-order valence-electron chi connectivity index (χ4n) is 2.66. The van der Waals surface area contributed by atoms with Gasteiger partial charge in [0.2, 0.25) is 0 Å². The Labute approximate surface area is 135 Å². The first kappa shape index (κ1) is 16.2. The first-order chi connectivity index (χ1) is 10.2. The Hall–Kier alpha value is -1.13. The molecule has 3 nitrogen and oxygen atoms in total. The van der Waals surface area contributed by atoms with Gasteiger partial charge < -0.3 is 5.32 Å². The predicted octanol–water partition coefficient (Wildman–Crippen LogP) is 3.91. The van der Waals surface area contributed by atoms with Gasteiger partial charge in [0.15, 0.2) is 0 Å². The highest BCUT2D eigenvalue weighted by Gasteiger charge is 2.16. The van der Waals surface area contributed by atoms with Gasteiger partial charge in [0.05, 0.1) is 11.4 Å². The molecule has 0 aliphatic rings. The zero-order valence-corrected chi connectivity index (χ0v) is 14.7. The Balaban J connectivity index is 2.39. The van der Waals surface area contributed by atoms with Gasteiger partial charge >= 0.3 is 0 Å². The lowest BCUT2D eigenvalue weighted by molar-refractivity contribution is 0.709. The second kappa shape index (κ2) is 7.76. The topological polar surface area (TPSA) is 29.9 Å². The smallest absolute Gasteiger partial charge is 0.0661 e. The van der Waals surface area contributed by atoms with Crippen LogP contribution >= 0.6 is 15.9 Å². The molecule has 0 fully saturated rings. The van der Waals surface area contributed by atoms with Crippen LogP contribution in [0.2, 0.25) is 0 Å². The molecule has 0 radical (unpaired) electrons. The van der Waals surface area contributed by atoms with E-state index in [0.29, 0.717) is 0 Å². The van der Waals surface area contributed by atoms with Crippen LogP contribution in [0.15, 0.2) is 28.7 Å². The molecule has 1 aromatic heterocycles. The number of aromatic nitrogens is 2. The molecule has 0 spiro atoms. The van der Waals surface area contributed by atoms with E-state index in [0.717, 1.165) is 42.5 Å². The molecule has 0 bridgehead atoms. The lowest BCUT2D eigenvalue weighted by Gasteiger charge is -2.08. The van der Waals surface area contributed by atoms with Gasteiger partial charge in [-0.2, -0.15) is 5.10 Å². The van der Waals surface area contributed by atoms with Gasteiger partial charge in [-0.15, -0.1) is 0 Å². The van der Waals surface area contributed by atoms with Crippen LogP contribution in [-0.2, 0) is 19.3 Å². The maximum Gasteiger partial charge on any atom is 0.0661 e. The third-order valence-corrected chi connectivity index (χ3v) is 4.24. The van der Waals surface area contributed by atoms with Crippen LogP contribution < -0.4 is 5.32 Å². The molecule has 0 amide bonds. The minimum Gasteiger partial charge on any atom is -0.317 e. The first-order valence-electron chi connectivity index (χ1n) is 7.77. The summed E-state index contributed by atoms with van der Waals surface area (Å²) in [4.78, 5) is 0.